The Hall–Kier alpha value is -3.36. The monoisotopic (exact) mass is 464 g/mol. The van der Waals surface area contributed by atoms with Crippen LogP contribution in [-0.4, -0.2) is 46.3 Å². The van der Waals surface area contributed by atoms with Gasteiger partial charge in [-0.25, -0.2) is 4.79 Å². The average molecular weight is 464 g/mol. The quantitative estimate of drug-likeness (QED) is 0.322. The first-order valence-electron chi connectivity index (χ1n) is 10.3. The highest BCUT2D eigenvalue weighted by Crippen LogP contribution is 2.30. The molecule has 0 aliphatic heterocycles. The molecule has 6 nitrogen and oxygen atoms in total. The van der Waals surface area contributed by atoms with Crippen LogP contribution < -0.4 is 0 Å². The summed E-state index contributed by atoms with van der Waals surface area (Å²) >= 11 is 0. The van der Waals surface area contributed by atoms with E-state index in [2.05, 4.69) is 6.58 Å². The van der Waals surface area contributed by atoms with E-state index in [1.165, 1.54) is 17.9 Å². The molecular formula is C24H27F3N2O4. The number of benzene rings is 1. The third-order valence-corrected chi connectivity index (χ3v) is 5.54. The normalized spacial score (nSPS) is 12.2. The van der Waals surface area contributed by atoms with E-state index < -0.39 is 35.4 Å². The van der Waals surface area contributed by atoms with E-state index in [1.807, 2.05) is 0 Å². The number of carbonyl (C=O) groups excluding carboxylic acids is 3. The molecule has 0 fully saturated rings. The fourth-order valence-corrected chi connectivity index (χ4v) is 3.70. The van der Waals surface area contributed by atoms with E-state index in [1.54, 1.807) is 32.4 Å². The Morgan fingerprint density at radius 1 is 1.18 bits per heavy atom. The highest BCUT2D eigenvalue weighted by atomic mass is 19.4. The second-order valence-electron chi connectivity index (χ2n) is 7.58. The van der Waals surface area contributed by atoms with E-state index >= 15 is 0 Å². The van der Waals surface area contributed by atoms with Crippen LogP contribution in [0, 0.1) is 13.8 Å². The number of alkyl halides is 3. The first kappa shape index (κ1) is 25.9. The van der Waals surface area contributed by atoms with Crippen LogP contribution in [0.1, 0.15) is 61.9 Å². The molecule has 2 aromatic rings. The fraction of sp³-hybridized carbons (Fsp3) is 0.375. The number of ketones is 1. The van der Waals surface area contributed by atoms with Gasteiger partial charge in [0.05, 0.1) is 18.2 Å². The summed E-state index contributed by atoms with van der Waals surface area (Å²) in [6.45, 7) is 10.3. The van der Waals surface area contributed by atoms with Crippen LogP contribution in [0.25, 0.3) is 0 Å². The summed E-state index contributed by atoms with van der Waals surface area (Å²) < 4.78 is 45.2. The van der Waals surface area contributed by atoms with Crippen molar-refractivity contribution >= 4 is 17.7 Å². The van der Waals surface area contributed by atoms with Crippen LogP contribution in [0.15, 0.2) is 36.9 Å². The van der Waals surface area contributed by atoms with Crippen molar-refractivity contribution in [2.45, 2.75) is 39.9 Å². The smallest absolute Gasteiger partial charge is 0.416 e. The lowest BCUT2D eigenvalue weighted by atomic mass is 9.99. The molecule has 0 saturated heterocycles. The van der Waals surface area contributed by atoms with Crippen molar-refractivity contribution in [3.63, 3.8) is 0 Å². The zero-order valence-electron chi connectivity index (χ0n) is 19.2. The number of aromatic nitrogens is 1. The average Bonchev–Trinajstić information content (AvgIpc) is 2.98. The van der Waals surface area contributed by atoms with Gasteiger partial charge < -0.3 is 14.2 Å². The van der Waals surface area contributed by atoms with Gasteiger partial charge in [-0.2, -0.15) is 13.2 Å². The van der Waals surface area contributed by atoms with Gasteiger partial charge in [-0.1, -0.05) is 6.08 Å². The molecule has 0 saturated carbocycles. The summed E-state index contributed by atoms with van der Waals surface area (Å²) in [4.78, 5) is 40.1. The third kappa shape index (κ3) is 5.18. The predicted octanol–water partition coefficient (Wildman–Crippen LogP) is 4.74. The number of ether oxygens (including phenoxy) is 1. The van der Waals surface area contributed by atoms with Crippen molar-refractivity contribution in [3.8, 4) is 0 Å². The Morgan fingerprint density at radius 2 is 1.76 bits per heavy atom. The zero-order chi connectivity index (χ0) is 25.1. The highest BCUT2D eigenvalue weighted by Gasteiger charge is 2.33. The summed E-state index contributed by atoms with van der Waals surface area (Å²) in [5.74, 6) is -1.57. The number of hydrogen-bond donors (Lipinski definition) is 0. The minimum Gasteiger partial charge on any atom is -0.461 e. The van der Waals surface area contributed by atoms with E-state index in [0.29, 0.717) is 16.8 Å². The van der Waals surface area contributed by atoms with Gasteiger partial charge in [0.15, 0.2) is 5.78 Å². The molecule has 1 aromatic heterocycles. The van der Waals surface area contributed by atoms with Gasteiger partial charge in [-0.15, -0.1) is 6.58 Å². The Balaban J connectivity index is 2.42. The van der Waals surface area contributed by atoms with Crippen LogP contribution >= 0.6 is 0 Å². The number of amides is 1. The molecule has 1 aromatic carbocycles. The Kier molecular flexibility index (Phi) is 7.89. The summed E-state index contributed by atoms with van der Waals surface area (Å²) in [7, 11) is 1.64. The first-order valence-corrected chi connectivity index (χ1v) is 10.3. The van der Waals surface area contributed by atoms with Crippen molar-refractivity contribution in [1.82, 2.24) is 9.47 Å². The molecule has 1 atom stereocenters. The zero-order valence-corrected chi connectivity index (χ0v) is 19.2. The topological polar surface area (TPSA) is 68.6 Å². The standard InChI is InChI=1S/C24H27F3N2O4/c1-7-13-29(22(31)17-9-11-18(12-10-17)24(25,26)27)16(5)21(30)19-14(3)20(23(32)33-8-2)28(6)15(19)4/h7,9-12,16H,1,8,13H2,2-6H3. The summed E-state index contributed by atoms with van der Waals surface area (Å²) in [5.41, 5.74) is 0.647. The molecule has 178 valence electrons. The number of carbonyl (C=O) groups is 3. The number of rotatable bonds is 8. The van der Waals surface area contributed by atoms with Gasteiger partial charge in [-0.3, -0.25) is 9.59 Å². The van der Waals surface area contributed by atoms with Gasteiger partial charge >= 0.3 is 12.1 Å². The lowest BCUT2D eigenvalue weighted by molar-refractivity contribution is -0.137. The second kappa shape index (κ2) is 10.1. The second-order valence-corrected chi connectivity index (χ2v) is 7.58. The molecule has 0 spiro atoms. The van der Waals surface area contributed by atoms with Crippen LogP contribution in [0.3, 0.4) is 0 Å². The van der Waals surface area contributed by atoms with E-state index in [0.717, 1.165) is 24.3 Å². The summed E-state index contributed by atoms with van der Waals surface area (Å²) in [6.07, 6.45) is -3.09. The van der Waals surface area contributed by atoms with Crippen LogP contribution in [0.2, 0.25) is 0 Å². The first-order chi connectivity index (χ1) is 15.4. The Labute approximate surface area is 190 Å². The Morgan fingerprint density at radius 3 is 2.24 bits per heavy atom. The minimum absolute atomic E-state index is 0.00241. The summed E-state index contributed by atoms with van der Waals surface area (Å²) in [5, 5.41) is 0. The van der Waals surface area contributed by atoms with Gasteiger partial charge in [0, 0.05) is 30.4 Å². The van der Waals surface area contributed by atoms with Crippen LogP contribution in [0.5, 0.6) is 0 Å². The Bertz CT molecular complexity index is 1070. The lowest BCUT2D eigenvalue weighted by Crippen LogP contribution is -2.43. The molecule has 1 amide bonds. The van der Waals surface area contributed by atoms with Crippen molar-refractivity contribution < 1.29 is 32.3 Å². The molecule has 0 bridgehead atoms. The maximum Gasteiger partial charge on any atom is 0.416 e. The number of Topliss-reactive ketones (excluding diaryl/α,β-unsaturated/α-hetero) is 1. The molecular weight excluding hydrogens is 437 g/mol. The molecule has 0 aliphatic carbocycles. The van der Waals surface area contributed by atoms with Gasteiger partial charge in [-0.05, 0) is 57.5 Å². The summed E-state index contributed by atoms with van der Waals surface area (Å²) in [6, 6.07) is 2.84. The van der Waals surface area contributed by atoms with Gasteiger partial charge in [0.1, 0.15) is 5.69 Å². The van der Waals surface area contributed by atoms with Gasteiger partial charge in [0.25, 0.3) is 5.91 Å². The number of halogens is 3. The van der Waals surface area contributed by atoms with E-state index in [-0.39, 0.29) is 24.4 Å². The molecule has 0 N–H and O–H groups in total. The molecule has 2 rings (SSSR count). The minimum atomic E-state index is -4.52. The molecule has 33 heavy (non-hydrogen) atoms. The lowest BCUT2D eigenvalue weighted by Gasteiger charge is -2.28. The predicted molar refractivity (Wildman–Crippen MR) is 117 cm³/mol. The van der Waals surface area contributed by atoms with Crippen molar-refractivity contribution in [2.75, 3.05) is 13.2 Å². The maximum atomic E-state index is 13.4. The van der Waals surface area contributed by atoms with Crippen molar-refractivity contribution in [3.05, 3.63) is 70.6 Å². The molecule has 9 heteroatoms. The highest BCUT2D eigenvalue weighted by molar-refractivity contribution is 6.07. The molecule has 1 unspecified atom stereocenters. The largest absolute Gasteiger partial charge is 0.461 e. The van der Waals surface area contributed by atoms with E-state index in [4.69, 9.17) is 4.74 Å². The fourth-order valence-electron chi connectivity index (χ4n) is 3.70. The van der Waals surface area contributed by atoms with E-state index in [9.17, 15) is 27.6 Å². The number of nitrogens with zero attached hydrogens (tertiary/aromatic N) is 2. The SMILES string of the molecule is C=CCN(C(=O)c1ccc(C(F)(F)F)cc1)C(C)C(=O)c1c(C)c(C(=O)OCC)n(C)c1C. The third-order valence-electron chi connectivity index (χ3n) is 5.54. The van der Waals surface area contributed by atoms with Crippen LogP contribution in [-0.2, 0) is 18.0 Å². The maximum absolute atomic E-state index is 13.4. The number of esters is 1. The molecule has 0 aliphatic rings. The molecule has 1 heterocycles. The van der Waals surface area contributed by atoms with Crippen LogP contribution in [0.4, 0.5) is 13.2 Å². The number of hydrogen-bond acceptors (Lipinski definition) is 4. The van der Waals surface area contributed by atoms with Crippen molar-refractivity contribution in [2.24, 2.45) is 7.05 Å². The van der Waals surface area contributed by atoms with Crippen molar-refractivity contribution in [1.29, 1.82) is 0 Å². The molecule has 0 radical (unpaired) electrons. The van der Waals surface area contributed by atoms with Gasteiger partial charge in [0.2, 0.25) is 0 Å².